The first-order chi connectivity index (χ1) is 7.92. The Hall–Kier alpha value is -1.03. The average molecular weight is 303 g/mol. The predicted octanol–water partition coefficient (Wildman–Crippen LogP) is 4.59. The van der Waals surface area contributed by atoms with Crippen LogP contribution >= 0.6 is 15.9 Å². The van der Waals surface area contributed by atoms with Crippen LogP contribution in [0.4, 0.5) is 13.2 Å². The van der Waals surface area contributed by atoms with Crippen LogP contribution in [0.3, 0.4) is 0 Å². The van der Waals surface area contributed by atoms with Crippen molar-refractivity contribution < 1.29 is 13.2 Å². The zero-order chi connectivity index (χ0) is 12.5. The molecular formula is C13H10BrF3. The second-order valence-electron chi connectivity index (χ2n) is 3.92. The molecule has 0 nitrogen and oxygen atoms in total. The quantitative estimate of drug-likeness (QED) is 0.526. The summed E-state index contributed by atoms with van der Waals surface area (Å²) in [6.07, 6.45) is 1.13. The molecule has 0 amide bonds. The fourth-order valence-electron chi connectivity index (χ4n) is 1.69. The number of hydrogen-bond acceptors (Lipinski definition) is 0. The van der Waals surface area contributed by atoms with Gasteiger partial charge in [-0.15, -0.1) is 0 Å². The fourth-order valence-corrected chi connectivity index (χ4v) is 2.00. The standard InChI is InChI=1S/C13H10BrF3/c14-12(13(15,16)17)8-6-11(7-9-12)10-4-2-1-3-5-10/h1-9,11H. The number of rotatable bonds is 1. The van der Waals surface area contributed by atoms with Crippen LogP contribution in [0.2, 0.25) is 0 Å². The molecule has 0 bridgehead atoms. The lowest BCUT2D eigenvalue weighted by atomic mass is 9.90. The van der Waals surface area contributed by atoms with E-state index in [2.05, 4.69) is 15.9 Å². The highest BCUT2D eigenvalue weighted by molar-refractivity contribution is 9.10. The molecular weight excluding hydrogens is 293 g/mol. The zero-order valence-electron chi connectivity index (χ0n) is 8.79. The molecule has 90 valence electrons. The van der Waals surface area contributed by atoms with E-state index in [9.17, 15) is 13.2 Å². The predicted molar refractivity (Wildman–Crippen MR) is 65.2 cm³/mol. The number of hydrogen-bond donors (Lipinski definition) is 0. The molecule has 0 saturated carbocycles. The van der Waals surface area contributed by atoms with Gasteiger partial charge in [0.25, 0.3) is 0 Å². The Balaban J connectivity index is 2.22. The van der Waals surface area contributed by atoms with Gasteiger partial charge in [0.2, 0.25) is 0 Å². The van der Waals surface area contributed by atoms with Crippen LogP contribution in [0, 0.1) is 0 Å². The topological polar surface area (TPSA) is 0 Å². The Labute approximate surface area is 106 Å². The third kappa shape index (κ3) is 2.46. The molecule has 0 heterocycles. The highest BCUT2D eigenvalue weighted by Gasteiger charge is 2.50. The van der Waals surface area contributed by atoms with E-state index in [0.29, 0.717) is 0 Å². The smallest absolute Gasteiger partial charge is 0.169 e. The minimum Gasteiger partial charge on any atom is -0.169 e. The molecule has 2 rings (SSSR count). The second kappa shape index (κ2) is 4.33. The van der Waals surface area contributed by atoms with E-state index in [1.165, 1.54) is 0 Å². The molecule has 1 aliphatic rings. The van der Waals surface area contributed by atoms with Crippen LogP contribution in [-0.4, -0.2) is 10.5 Å². The maximum absolute atomic E-state index is 12.7. The third-order valence-corrected chi connectivity index (χ3v) is 3.69. The Bertz CT molecular complexity index is 431. The van der Waals surface area contributed by atoms with Crippen molar-refractivity contribution in [3.63, 3.8) is 0 Å². The monoisotopic (exact) mass is 302 g/mol. The first kappa shape index (κ1) is 12.4. The van der Waals surface area contributed by atoms with Gasteiger partial charge in [0.15, 0.2) is 4.32 Å². The Morgan fingerprint density at radius 2 is 1.53 bits per heavy atom. The van der Waals surface area contributed by atoms with Gasteiger partial charge in [-0.2, -0.15) is 13.2 Å². The summed E-state index contributed by atoms with van der Waals surface area (Å²) in [5, 5.41) is 0. The molecule has 0 aromatic heterocycles. The van der Waals surface area contributed by atoms with E-state index in [-0.39, 0.29) is 5.92 Å². The molecule has 0 aliphatic heterocycles. The molecule has 1 aromatic rings. The summed E-state index contributed by atoms with van der Waals surface area (Å²) >= 11 is 2.72. The average Bonchev–Trinajstić information content (AvgIpc) is 2.30. The van der Waals surface area contributed by atoms with E-state index in [4.69, 9.17) is 0 Å². The van der Waals surface area contributed by atoms with Crippen molar-refractivity contribution in [2.75, 3.05) is 0 Å². The SMILES string of the molecule is FC(F)(F)C1(Br)C=CC(c2ccccc2)C=C1. The van der Waals surface area contributed by atoms with Gasteiger partial charge >= 0.3 is 6.18 Å². The third-order valence-electron chi connectivity index (χ3n) is 2.71. The second-order valence-corrected chi connectivity index (χ2v) is 5.23. The largest absolute Gasteiger partial charge is 0.410 e. The molecule has 0 fully saturated rings. The molecule has 0 radical (unpaired) electrons. The van der Waals surface area contributed by atoms with Gasteiger partial charge in [-0.25, -0.2) is 0 Å². The lowest BCUT2D eigenvalue weighted by Gasteiger charge is -2.27. The Kier molecular flexibility index (Phi) is 3.17. The van der Waals surface area contributed by atoms with Gasteiger partial charge in [-0.1, -0.05) is 70.6 Å². The molecule has 0 unspecified atom stereocenters. The molecule has 0 saturated heterocycles. The van der Waals surface area contributed by atoms with Gasteiger partial charge in [0, 0.05) is 5.92 Å². The minimum absolute atomic E-state index is 0.0933. The van der Waals surface area contributed by atoms with Crippen LogP contribution in [0.1, 0.15) is 11.5 Å². The van der Waals surface area contributed by atoms with Crippen LogP contribution < -0.4 is 0 Å². The molecule has 17 heavy (non-hydrogen) atoms. The summed E-state index contributed by atoms with van der Waals surface area (Å²) in [4.78, 5) is 0. The number of benzene rings is 1. The van der Waals surface area contributed by atoms with Gasteiger partial charge in [-0.3, -0.25) is 0 Å². The lowest BCUT2D eigenvalue weighted by Crippen LogP contribution is -2.36. The summed E-state index contributed by atoms with van der Waals surface area (Å²) < 4.78 is 36.1. The van der Waals surface area contributed by atoms with Crippen molar-refractivity contribution in [1.29, 1.82) is 0 Å². The molecule has 0 spiro atoms. The van der Waals surface area contributed by atoms with Gasteiger partial charge < -0.3 is 0 Å². The van der Waals surface area contributed by atoms with Crippen LogP contribution in [0.15, 0.2) is 54.6 Å². The van der Waals surface area contributed by atoms with Gasteiger partial charge in [-0.05, 0) is 5.56 Å². The van der Waals surface area contributed by atoms with E-state index in [1.807, 2.05) is 30.3 Å². The van der Waals surface area contributed by atoms with E-state index >= 15 is 0 Å². The zero-order valence-corrected chi connectivity index (χ0v) is 10.4. The maximum Gasteiger partial charge on any atom is 0.410 e. The van der Waals surface area contributed by atoms with Gasteiger partial charge in [0.05, 0.1) is 0 Å². The molecule has 1 aliphatic carbocycles. The van der Waals surface area contributed by atoms with Crippen molar-refractivity contribution >= 4 is 15.9 Å². The van der Waals surface area contributed by atoms with Crippen LogP contribution in [0.5, 0.6) is 0 Å². The molecule has 0 N–H and O–H groups in total. The molecule has 4 heteroatoms. The number of allylic oxidation sites excluding steroid dienone is 4. The normalized spacial score (nSPS) is 28.4. The maximum atomic E-state index is 12.7. The van der Waals surface area contributed by atoms with Gasteiger partial charge in [0.1, 0.15) is 0 Å². The van der Waals surface area contributed by atoms with Crippen molar-refractivity contribution in [2.45, 2.75) is 16.4 Å². The Morgan fingerprint density at radius 3 is 2.00 bits per heavy atom. The van der Waals surface area contributed by atoms with Crippen molar-refractivity contribution in [3.05, 3.63) is 60.2 Å². The summed E-state index contributed by atoms with van der Waals surface area (Å²) in [7, 11) is 0. The first-order valence-electron chi connectivity index (χ1n) is 5.12. The highest BCUT2D eigenvalue weighted by atomic mass is 79.9. The van der Waals surface area contributed by atoms with Crippen molar-refractivity contribution in [1.82, 2.24) is 0 Å². The highest BCUT2D eigenvalue weighted by Crippen LogP contribution is 2.43. The number of alkyl halides is 4. The molecule has 0 atom stereocenters. The lowest BCUT2D eigenvalue weighted by molar-refractivity contribution is -0.135. The number of halogens is 4. The van der Waals surface area contributed by atoms with Crippen molar-refractivity contribution in [2.24, 2.45) is 0 Å². The summed E-state index contributed by atoms with van der Waals surface area (Å²) in [6.45, 7) is 0. The molecule has 1 aromatic carbocycles. The summed E-state index contributed by atoms with van der Waals surface area (Å²) in [6, 6.07) is 9.42. The van der Waals surface area contributed by atoms with Crippen LogP contribution in [0.25, 0.3) is 0 Å². The summed E-state index contributed by atoms with van der Waals surface area (Å²) in [5.74, 6) is -0.0933. The van der Waals surface area contributed by atoms with Crippen molar-refractivity contribution in [3.8, 4) is 0 Å². The van der Waals surface area contributed by atoms with E-state index in [1.54, 1.807) is 12.2 Å². The fraction of sp³-hybridized carbons (Fsp3) is 0.231. The van der Waals surface area contributed by atoms with E-state index in [0.717, 1.165) is 17.7 Å². The summed E-state index contributed by atoms with van der Waals surface area (Å²) in [5.41, 5.74) is 0.983. The van der Waals surface area contributed by atoms with E-state index < -0.39 is 10.5 Å². The Morgan fingerprint density at radius 1 is 1.00 bits per heavy atom. The first-order valence-corrected chi connectivity index (χ1v) is 5.91. The van der Waals surface area contributed by atoms with Crippen LogP contribution in [-0.2, 0) is 0 Å². The minimum atomic E-state index is -4.32.